The smallest absolute Gasteiger partial charge is 0.265 e. The number of thiazole rings is 1. The van der Waals surface area contributed by atoms with Gasteiger partial charge in [-0.3, -0.25) is 4.79 Å². The maximum absolute atomic E-state index is 12.6. The van der Waals surface area contributed by atoms with Crippen LogP contribution in [-0.4, -0.2) is 31.2 Å². The van der Waals surface area contributed by atoms with Crippen molar-refractivity contribution in [3.8, 4) is 11.5 Å². The fourth-order valence-electron chi connectivity index (χ4n) is 2.93. The second-order valence-electron chi connectivity index (χ2n) is 6.35. The van der Waals surface area contributed by atoms with Gasteiger partial charge in [-0.1, -0.05) is 47.7 Å². The van der Waals surface area contributed by atoms with E-state index in [1.54, 1.807) is 18.8 Å². The van der Waals surface area contributed by atoms with Crippen molar-refractivity contribution in [2.24, 2.45) is 0 Å². The Labute approximate surface area is 178 Å². The van der Waals surface area contributed by atoms with Crippen LogP contribution in [0.2, 0.25) is 0 Å². The minimum atomic E-state index is -0.217. The first kappa shape index (κ1) is 20.9. The summed E-state index contributed by atoms with van der Waals surface area (Å²) in [5.41, 5.74) is 8.33. The number of ether oxygens (including phenoxy) is 2. The summed E-state index contributed by atoms with van der Waals surface area (Å²) in [6.45, 7) is 1.01. The van der Waals surface area contributed by atoms with Crippen molar-refractivity contribution in [1.29, 1.82) is 0 Å². The Kier molecular flexibility index (Phi) is 6.90. The average Bonchev–Trinajstić information content (AvgIpc) is 3.02. The van der Waals surface area contributed by atoms with Gasteiger partial charge in [-0.15, -0.1) is 0 Å². The highest BCUT2D eigenvalue weighted by molar-refractivity contribution is 7.73. The molecule has 3 N–H and O–H groups in total. The van der Waals surface area contributed by atoms with E-state index in [2.05, 4.69) is 5.32 Å². The number of hydrogen-bond donors (Lipinski definition) is 2. The fraction of sp³-hybridized carbons (Fsp3) is 0.238. The van der Waals surface area contributed by atoms with Crippen molar-refractivity contribution in [2.75, 3.05) is 26.5 Å². The van der Waals surface area contributed by atoms with Gasteiger partial charge in [0.05, 0.1) is 20.8 Å². The summed E-state index contributed by atoms with van der Waals surface area (Å²) in [5, 5.41) is 2.92. The van der Waals surface area contributed by atoms with Crippen LogP contribution in [0.5, 0.6) is 11.5 Å². The summed E-state index contributed by atoms with van der Waals surface area (Å²) in [6, 6.07) is 15.6. The lowest BCUT2D eigenvalue weighted by molar-refractivity contribution is 0.0958. The largest absolute Gasteiger partial charge is 0.493 e. The van der Waals surface area contributed by atoms with Crippen LogP contribution in [0.25, 0.3) is 0 Å². The predicted octanol–water partition coefficient (Wildman–Crippen LogP) is 3.90. The van der Waals surface area contributed by atoms with E-state index in [9.17, 15) is 4.79 Å². The molecule has 1 amide bonds. The number of benzene rings is 2. The molecule has 8 heteroatoms. The van der Waals surface area contributed by atoms with Gasteiger partial charge < -0.3 is 25.1 Å². The molecule has 0 fully saturated rings. The molecule has 0 saturated heterocycles. The van der Waals surface area contributed by atoms with Crippen LogP contribution in [0.4, 0.5) is 5.82 Å². The van der Waals surface area contributed by atoms with Crippen molar-refractivity contribution in [3.05, 3.63) is 68.5 Å². The number of nitrogens with one attached hydrogen (secondary N) is 1. The molecule has 0 saturated carbocycles. The van der Waals surface area contributed by atoms with Gasteiger partial charge in [0.25, 0.3) is 5.91 Å². The lowest BCUT2D eigenvalue weighted by Gasteiger charge is -2.10. The zero-order valence-electron chi connectivity index (χ0n) is 16.3. The molecule has 152 valence electrons. The number of amides is 1. The first-order valence-corrected chi connectivity index (χ1v) is 10.3. The van der Waals surface area contributed by atoms with Crippen molar-refractivity contribution in [2.45, 2.75) is 13.0 Å². The molecule has 3 aromatic rings. The molecule has 29 heavy (non-hydrogen) atoms. The topological polar surface area (TPSA) is 78.5 Å². The fourth-order valence-corrected chi connectivity index (χ4v) is 4.17. The summed E-state index contributed by atoms with van der Waals surface area (Å²) >= 11 is 6.64. The van der Waals surface area contributed by atoms with E-state index in [-0.39, 0.29) is 5.91 Å². The minimum Gasteiger partial charge on any atom is -0.493 e. The Balaban J connectivity index is 1.64. The molecule has 0 aliphatic carbocycles. The Bertz CT molecular complexity index is 1050. The van der Waals surface area contributed by atoms with E-state index in [0.29, 0.717) is 45.7 Å². The van der Waals surface area contributed by atoms with Gasteiger partial charge in [-0.25, -0.2) is 0 Å². The average molecular weight is 430 g/mol. The van der Waals surface area contributed by atoms with Gasteiger partial charge in [-0.2, -0.15) is 0 Å². The number of methoxy groups -OCH3 is 2. The van der Waals surface area contributed by atoms with Crippen LogP contribution in [0.3, 0.4) is 0 Å². The molecule has 2 aromatic carbocycles. The Morgan fingerprint density at radius 2 is 1.83 bits per heavy atom. The number of nitrogens with two attached hydrogens (primary N) is 1. The van der Waals surface area contributed by atoms with Gasteiger partial charge >= 0.3 is 0 Å². The second kappa shape index (κ2) is 9.58. The molecule has 0 unspecified atom stereocenters. The molecule has 0 aliphatic heterocycles. The summed E-state index contributed by atoms with van der Waals surface area (Å²) < 4.78 is 12.9. The molecule has 0 spiro atoms. The summed E-state index contributed by atoms with van der Waals surface area (Å²) in [5.74, 6) is 1.52. The van der Waals surface area contributed by atoms with E-state index >= 15 is 0 Å². The maximum Gasteiger partial charge on any atom is 0.265 e. The Morgan fingerprint density at radius 3 is 2.52 bits per heavy atom. The SMILES string of the molecule is COc1ccc(CCNC(=O)c2sc(=S)n(Cc3ccccc3)c2N)cc1OC. The molecule has 0 bridgehead atoms. The third-order valence-electron chi connectivity index (χ3n) is 4.47. The maximum atomic E-state index is 12.6. The molecule has 0 radical (unpaired) electrons. The number of carbonyl (C=O) groups is 1. The standard InChI is InChI=1S/C21H23N3O3S2/c1-26-16-9-8-14(12-17(16)27-2)10-11-23-20(25)18-19(22)24(21(28)29-18)13-15-6-4-3-5-7-15/h3-9,12H,10-11,13,22H2,1-2H3,(H,23,25). The number of hydrogen-bond acceptors (Lipinski definition) is 6. The number of nitrogens with zero attached hydrogens (tertiary/aromatic N) is 1. The zero-order valence-corrected chi connectivity index (χ0v) is 17.9. The van der Waals surface area contributed by atoms with Crippen molar-refractivity contribution >= 4 is 35.3 Å². The highest BCUT2D eigenvalue weighted by Crippen LogP contribution is 2.27. The molecular formula is C21H23N3O3S2. The van der Waals surface area contributed by atoms with Crippen molar-refractivity contribution in [3.63, 3.8) is 0 Å². The summed E-state index contributed by atoms with van der Waals surface area (Å²) in [7, 11) is 3.20. The van der Waals surface area contributed by atoms with Crippen LogP contribution >= 0.6 is 23.6 Å². The van der Waals surface area contributed by atoms with Gasteiger partial charge in [0, 0.05) is 6.54 Å². The highest BCUT2D eigenvalue weighted by atomic mass is 32.1. The third-order valence-corrected chi connectivity index (χ3v) is 5.93. The number of anilines is 1. The number of aromatic nitrogens is 1. The quantitative estimate of drug-likeness (QED) is 0.531. The molecule has 0 aliphatic rings. The first-order valence-electron chi connectivity index (χ1n) is 9.05. The second-order valence-corrected chi connectivity index (χ2v) is 7.99. The predicted molar refractivity (Wildman–Crippen MR) is 119 cm³/mol. The summed E-state index contributed by atoms with van der Waals surface area (Å²) in [4.78, 5) is 13.1. The minimum absolute atomic E-state index is 0.217. The number of carbonyl (C=O) groups excluding carboxylic acids is 1. The lowest BCUT2D eigenvalue weighted by Crippen LogP contribution is -2.26. The van der Waals surface area contributed by atoms with E-state index in [1.807, 2.05) is 48.5 Å². The molecule has 0 atom stereocenters. The third kappa shape index (κ3) is 4.96. The van der Waals surface area contributed by atoms with E-state index in [0.717, 1.165) is 11.1 Å². The molecule has 1 heterocycles. The van der Waals surface area contributed by atoms with Gasteiger partial charge in [0.2, 0.25) is 0 Å². The van der Waals surface area contributed by atoms with Gasteiger partial charge in [0.1, 0.15) is 10.7 Å². The van der Waals surface area contributed by atoms with Crippen molar-refractivity contribution in [1.82, 2.24) is 9.88 Å². The van der Waals surface area contributed by atoms with Crippen LogP contribution < -0.4 is 20.5 Å². The van der Waals surface area contributed by atoms with Crippen LogP contribution in [0, 0.1) is 3.95 Å². The van der Waals surface area contributed by atoms with Gasteiger partial charge in [-0.05, 0) is 41.9 Å². The Hall–Kier alpha value is -2.84. The lowest BCUT2D eigenvalue weighted by atomic mass is 10.1. The number of rotatable bonds is 8. The number of nitrogen functional groups attached to an aromatic ring is 1. The molecule has 3 rings (SSSR count). The van der Waals surface area contributed by atoms with Crippen molar-refractivity contribution < 1.29 is 14.3 Å². The van der Waals surface area contributed by atoms with Crippen LogP contribution in [0.1, 0.15) is 20.8 Å². The Morgan fingerprint density at radius 1 is 1.10 bits per heavy atom. The monoisotopic (exact) mass is 429 g/mol. The van der Waals surface area contributed by atoms with E-state index in [1.165, 1.54) is 11.3 Å². The van der Waals surface area contributed by atoms with E-state index < -0.39 is 0 Å². The first-order chi connectivity index (χ1) is 14.0. The molecule has 1 aromatic heterocycles. The van der Waals surface area contributed by atoms with Crippen LogP contribution in [-0.2, 0) is 13.0 Å². The molecule has 6 nitrogen and oxygen atoms in total. The zero-order chi connectivity index (χ0) is 20.8. The normalized spacial score (nSPS) is 10.6. The summed E-state index contributed by atoms with van der Waals surface area (Å²) in [6.07, 6.45) is 0.655. The highest BCUT2D eigenvalue weighted by Gasteiger charge is 2.17. The van der Waals surface area contributed by atoms with Gasteiger partial charge in [0.15, 0.2) is 15.5 Å². The van der Waals surface area contributed by atoms with Crippen LogP contribution in [0.15, 0.2) is 48.5 Å². The van der Waals surface area contributed by atoms with E-state index in [4.69, 9.17) is 27.4 Å². The molecular weight excluding hydrogens is 406 g/mol.